The van der Waals surface area contributed by atoms with Crippen LogP contribution in [0.2, 0.25) is 0 Å². The van der Waals surface area contributed by atoms with Crippen molar-refractivity contribution in [1.29, 1.82) is 0 Å². The monoisotopic (exact) mass is 199 g/mol. The molecule has 0 aliphatic heterocycles. The van der Waals surface area contributed by atoms with Crippen molar-refractivity contribution < 1.29 is 4.79 Å². The summed E-state index contributed by atoms with van der Waals surface area (Å²) in [6.07, 6.45) is 2.92. The maximum absolute atomic E-state index is 10.9. The molecule has 1 aromatic heterocycles. The second-order valence-corrected chi connectivity index (χ2v) is 3.63. The Morgan fingerprint density at radius 3 is 2.33 bits per heavy atom. The predicted molar refractivity (Wildman–Crippen MR) is 60.6 cm³/mol. The molecule has 1 heterocycles. The molecule has 0 amide bonds. The van der Waals surface area contributed by atoms with Crippen LogP contribution in [0.1, 0.15) is 21.6 Å². The van der Waals surface area contributed by atoms with Crippen LogP contribution in [0.5, 0.6) is 0 Å². The molecular weight excluding hydrogens is 186 g/mol. The number of benzene rings is 1. The molecule has 2 nitrogen and oxygen atoms in total. The molecule has 0 spiro atoms. The van der Waals surface area contributed by atoms with E-state index >= 15 is 0 Å². The van der Waals surface area contributed by atoms with E-state index < -0.39 is 0 Å². The van der Waals surface area contributed by atoms with Gasteiger partial charge in [-0.3, -0.25) is 4.79 Å². The smallest absolute Gasteiger partial charge is 0.152 e. The number of hydrogen-bond donors (Lipinski definition) is 0. The van der Waals surface area contributed by atoms with Gasteiger partial charge in [-0.2, -0.15) is 0 Å². The zero-order chi connectivity index (χ0) is 10.8. The first-order valence-electron chi connectivity index (χ1n) is 4.93. The fourth-order valence-corrected chi connectivity index (χ4v) is 1.81. The highest BCUT2D eigenvalue weighted by Gasteiger charge is 2.08. The highest BCUT2D eigenvalue weighted by atomic mass is 16.1. The molecule has 0 aliphatic carbocycles. The number of aryl methyl sites for hydroxylation is 1. The van der Waals surface area contributed by atoms with Crippen molar-refractivity contribution in [3.63, 3.8) is 0 Å². The molecule has 0 unspecified atom stereocenters. The summed E-state index contributed by atoms with van der Waals surface area (Å²) >= 11 is 0. The van der Waals surface area contributed by atoms with Gasteiger partial charge in [0.2, 0.25) is 0 Å². The van der Waals surface area contributed by atoms with E-state index in [1.807, 2.05) is 54.9 Å². The van der Waals surface area contributed by atoms with Gasteiger partial charge in [-0.05, 0) is 31.5 Å². The molecule has 0 aliphatic rings. The summed E-state index contributed by atoms with van der Waals surface area (Å²) in [5, 5.41) is 0. The molecule has 76 valence electrons. The molecule has 15 heavy (non-hydrogen) atoms. The lowest BCUT2D eigenvalue weighted by atomic mass is 10.2. The number of rotatable bonds is 2. The minimum Gasteiger partial charge on any atom is -0.320 e. The second-order valence-electron chi connectivity index (χ2n) is 3.63. The first-order chi connectivity index (χ1) is 7.24. The summed E-state index contributed by atoms with van der Waals surface area (Å²) in [6.45, 7) is 3.92. The van der Waals surface area contributed by atoms with Crippen LogP contribution in [0.4, 0.5) is 0 Å². The van der Waals surface area contributed by atoms with Gasteiger partial charge in [0.05, 0.1) is 0 Å². The van der Waals surface area contributed by atoms with Gasteiger partial charge in [0.15, 0.2) is 6.29 Å². The summed E-state index contributed by atoms with van der Waals surface area (Å²) in [4.78, 5) is 10.9. The van der Waals surface area contributed by atoms with Crippen LogP contribution in [0.3, 0.4) is 0 Å². The maximum Gasteiger partial charge on any atom is 0.152 e. The topological polar surface area (TPSA) is 22.0 Å². The predicted octanol–water partition coefficient (Wildman–Crippen LogP) is 2.91. The van der Waals surface area contributed by atoms with Crippen LogP contribution in [0.25, 0.3) is 5.69 Å². The number of carbonyl (C=O) groups excluding carboxylic acids is 1. The van der Waals surface area contributed by atoms with Gasteiger partial charge in [-0.15, -0.1) is 0 Å². The van der Waals surface area contributed by atoms with E-state index in [2.05, 4.69) is 0 Å². The zero-order valence-corrected chi connectivity index (χ0v) is 8.90. The van der Waals surface area contributed by atoms with E-state index in [9.17, 15) is 4.79 Å². The lowest BCUT2D eigenvalue weighted by Gasteiger charge is -2.05. The third-order valence-corrected chi connectivity index (χ3v) is 2.65. The number of hydrogen-bond acceptors (Lipinski definition) is 1. The number of carbonyl (C=O) groups is 1. The fraction of sp³-hybridized carbons (Fsp3) is 0.154. The molecule has 2 aromatic rings. The number of aldehydes is 1. The third kappa shape index (κ3) is 1.59. The van der Waals surface area contributed by atoms with E-state index in [0.717, 1.165) is 28.8 Å². The van der Waals surface area contributed by atoms with Crippen molar-refractivity contribution in [2.24, 2.45) is 0 Å². The van der Waals surface area contributed by atoms with Crippen molar-refractivity contribution in [1.82, 2.24) is 4.57 Å². The van der Waals surface area contributed by atoms with E-state index in [4.69, 9.17) is 0 Å². The zero-order valence-electron chi connectivity index (χ0n) is 8.90. The molecule has 0 atom stereocenters. The van der Waals surface area contributed by atoms with Crippen LogP contribution in [0.15, 0.2) is 36.5 Å². The standard InChI is InChI=1S/C13H13NO/c1-10-8-14(11(2)13(10)9-15)12-6-4-3-5-7-12/h3-9H,1-2H3. The molecule has 0 saturated heterocycles. The largest absolute Gasteiger partial charge is 0.320 e. The lowest BCUT2D eigenvalue weighted by molar-refractivity contribution is 0.112. The van der Waals surface area contributed by atoms with Crippen molar-refractivity contribution in [3.05, 3.63) is 53.3 Å². The van der Waals surface area contributed by atoms with Crippen LogP contribution >= 0.6 is 0 Å². The van der Waals surface area contributed by atoms with Crippen molar-refractivity contribution in [3.8, 4) is 5.69 Å². The van der Waals surface area contributed by atoms with Gasteiger partial charge >= 0.3 is 0 Å². The molecule has 0 radical (unpaired) electrons. The minimum absolute atomic E-state index is 0.791. The fourth-order valence-electron chi connectivity index (χ4n) is 1.81. The number of aromatic nitrogens is 1. The summed E-state index contributed by atoms with van der Waals surface area (Å²) in [5.41, 5.74) is 3.89. The molecule has 0 N–H and O–H groups in total. The summed E-state index contributed by atoms with van der Waals surface area (Å²) in [6, 6.07) is 10.0. The Balaban J connectivity index is 2.60. The van der Waals surface area contributed by atoms with Crippen LogP contribution < -0.4 is 0 Å². The van der Waals surface area contributed by atoms with E-state index in [1.165, 1.54) is 0 Å². The SMILES string of the molecule is Cc1cn(-c2ccccc2)c(C)c1C=O. The highest BCUT2D eigenvalue weighted by molar-refractivity contribution is 5.79. The van der Waals surface area contributed by atoms with Crippen molar-refractivity contribution in [2.45, 2.75) is 13.8 Å². The molecule has 0 bridgehead atoms. The van der Waals surface area contributed by atoms with Crippen LogP contribution in [-0.4, -0.2) is 10.9 Å². The normalized spacial score (nSPS) is 10.3. The Morgan fingerprint density at radius 2 is 1.80 bits per heavy atom. The Kier molecular flexibility index (Phi) is 2.42. The van der Waals surface area contributed by atoms with E-state index in [1.54, 1.807) is 0 Å². The summed E-state index contributed by atoms with van der Waals surface area (Å²) in [7, 11) is 0. The van der Waals surface area contributed by atoms with Gasteiger partial charge in [0.1, 0.15) is 0 Å². The Labute approximate surface area is 89.2 Å². The first kappa shape index (κ1) is 9.71. The molecule has 1 aromatic carbocycles. The Bertz CT molecular complexity index is 483. The Morgan fingerprint density at radius 1 is 1.13 bits per heavy atom. The average molecular weight is 199 g/mol. The van der Waals surface area contributed by atoms with E-state index in [0.29, 0.717) is 0 Å². The Hall–Kier alpha value is -1.83. The van der Waals surface area contributed by atoms with Gasteiger partial charge in [0.25, 0.3) is 0 Å². The molecule has 0 saturated carbocycles. The summed E-state index contributed by atoms with van der Waals surface area (Å²) in [5.74, 6) is 0. The maximum atomic E-state index is 10.9. The molecule has 2 heteroatoms. The van der Waals surface area contributed by atoms with Gasteiger partial charge < -0.3 is 4.57 Å². The summed E-state index contributed by atoms with van der Waals surface area (Å²) < 4.78 is 2.04. The molecule has 0 fully saturated rings. The quantitative estimate of drug-likeness (QED) is 0.681. The van der Waals surface area contributed by atoms with Gasteiger partial charge in [0, 0.05) is 23.1 Å². The molecule has 2 rings (SSSR count). The second kappa shape index (κ2) is 3.73. The van der Waals surface area contributed by atoms with Crippen molar-refractivity contribution >= 4 is 6.29 Å². The average Bonchev–Trinajstić information content (AvgIpc) is 2.55. The van der Waals surface area contributed by atoms with Crippen LogP contribution in [-0.2, 0) is 0 Å². The van der Waals surface area contributed by atoms with E-state index in [-0.39, 0.29) is 0 Å². The lowest BCUT2D eigenvalue weighted by Crippen LogP contribution is -1.95. The van der Waals surface area contributed by atoms with Gasteiger partial charge in [-0.25, -0.2) is 0 Å². The number of para-hydroxylation sites is 1. The van der Waals surface area contributed by atoms with Crippen LogP contribution in [0, 0.1) is 13.8 Å². The highest BCUT2D eigenvalue weighted by Crippen LogP contribution is 2.18. The molecular formula is C13H13NO. The first-order valence-corrected chi connectivity index (χ1v) is 4.93. The number of nitrogens with zero attached hydrogens (tertiary/aromatic N) is 1. The van der Waals surface area contributed by atoms with Gasteiger partial charge in [-0.1, -0.05) is 18.2 Å². The minimum atomic E-state index is 0.791. The third-order valence-electron chi connectivity index (χ3n) is 2.65. The van der Waals surface area contributed by atoms with Crippen molar-refractivity contribution in [2.75, 3.05) is 0 Å².